The van der Waals surface area contributed by atoms with E-state index in [2.05, 4.69) is 11.8 Å². The Balaban J connectivity index is 2.43. The SMILES string of the molecule is COC(=O)c1ccc(C)c(C#Cc2cc(C(=O)OC)ccc2C)c1. The lowest BCUT2D eigenvalue weighted by Crippen LogP contribution is -2.02. The van der Waals surface area contributed by atoms with Gasteiger partial charge in [0.05, 0.1) is 25.3 Å². The summed E-state index contributed by atoms with van der Waals surface area (Å²) in [5, 5.41) is 0. The van der Waals surface area contributed by atoms with Gasteiger partial charge in [0.2, 0.25) is 0 Å². The predicted octanol–water partition coefficient (Wildman–Crippen LogP) is 3.28. The zero-order valence-corrected chi connectivity index (χ0v) is 14.1. The average Bonchev–Trinajstić information content (AvgIpc) is 2.60. The van der Waals surface area contributed by atoms with Crippen molar-refractivity contribution in [2.24, 2.45) is 0 Å². The number of methoxy groups -OCH3 is 2. The molecule has 0 saturated carbocycles. The van der Waals surface area contributed by atoms with Crippen molar-refractivity contribution in [3.8, 4) is 11.8 Å². The molecule has 0 fully saturated rings. The van der Waals surface area contributed by atoms with Gasteiger partial charge in [0, 0.05) is 11.1 Å². The summed E-state index contributed by atoms with van der Waals surface area (Å²) in [6.07, 6.45) is 0. The van der Waals surface area contributed by atoms with Crippen LogP contribution in [0.2, 0.25) is 0 Å². The summed E-state index contributed by atoms with van der Waals surface area (Å²) in [6.45, 7) is 3.84. The summed E-state index contributed by atoms with van der Waals surface area (Å²) in [7, 11) is 2.68. The van der Waals surface area contributed by atoms with Gasteiger partial charge in [-0.1, -0.05) is 24.0 Å². The highest BCUT2D eigenvalue weighted by Gasteiger charge is 2.08. The van der Waals surface area contributed by atoms with Gasteiger partial charge >= 0.3 is 11.9 Å². The van der Waals surface area contributed by atoms with Gasteiger partial charge in [-0.3, -0.25) is 0 Å². The van der Waals surface area contributed by atoms with Crippen LogP contribution >= 0.6 is 0 Å². The number of carbonyl (C=O) groups excluding carboxylic acids is 2. The minimum absolute atomic E-state index is 0.401. The van der Waals surface area contributed by atoms with Crippen molar-refractivity contribution in [3.63, 3.8) is 0 Å². The number of rotatable bonds is 2. The van der Waals surface area contributed by atoms with Gasteiger partial charge in [0.15, 0.2) is 0 Å². The number of aryl methyl sites for hydroxylation is 2. The van der Waals surface area contributed by atoms with E-state index in [1.807, 2.05) is 26.0 Å². The molecule has 24 heavy (non-hydrogen) atoms. The first kappa shape index (κ1) is 17.3. The van der Waals surface area contributed by atoms with Gasteiger partial charge in [-0.05, 0) is 49.2 Å². The second-order valence-corrected chi connectivity index (χ2v) is 5.29. The lowest BCUT2D eigenvalue weighted by molar-refractivity contribution is 0.0592. The fourth-order valence-corrected chi connectivity index (χ4v) is 2.14. The number of ether oxygens (including phenoxy) is 2. The average molecular weight is 322 g/mol. The molecule has 0 aliphatic rings. The first-order chi connectivity index (χ1) is 11.5. The lowest BCUT2D eigenvalue weighted by Gasteiger charge is -2.04. The molecule has 0 aliphatic heterocycles. The number of benzene rings is 2. The molecule has 2 aromatic carbocycles. The molecular formula is C20H18O4. The predicted molar refractivity (Wildman–Crippen MR) is 91.0 cm³/mol. The topological polar surface area (TPSA) is 52.6 Å². The molecule has 4 heteroatoms. The van der Waals surface area contributed by atoms with Gasteiger partial charge in [-0.25, -0.2) is 9.59 Å². The summed E-state index contributed by atoms with van der Waals surface area (Å²) < 4.78 is 9.46. The van der Waals surface area contributed by atoms with Crippen molar-refractivity contribution in [1.29, 1.82) is 0 Å². The molecule has 0 heterocycles. The molecular weight excluding hydrogens is 304 g/mol. The van der Waals surface area contributed by atoms with E-state index in [-0.39, 0.29) is 0 Å². The Morgan fingerprint density at radius 3 is 1.46 bits per heavy atom. The van der Waals surface area contributed by atoms with E-state index in [0.717, 1.165) is 22.3 Å². The van der Waals surface area contributed by atoms with Crippen molar-refractivity contribution >= 4 is 11.9 Å². The van der Waals surface area contributed by atoms with Crippen molar-refractivity contribution in [3.05, 3.63) is 69.8 Å². The molecule has 2 aromatic rings. The molecule has 2 rings (SSSR count). The molecule has 0 aliphatic carbocycles. The number of carbonyl (C=O) groups is 2. The zero-order valence-electron chi connectivity index (χ0n) is 14.1. The molecule has 122 valence electrons. The normalized spacial score (nSPS) is 9.67. The largest absolute Gasteiger partial charge is 0.465 e. The third-order valence-electron chi connectivity index (χ3n) is 3.65. The third kappa shape index (κ3) is 3.82. The Kier molecular flexibility index (Phi) is 5.39. The number of hydrogen-bond acceptors (Lipinski definition) is 4. The first-order valence-electron chi connectivity index (χ1n) is 7.36. The van der Waals surface area contributed by atoms with Crippen LogP contribution in [0.1, 0.15) is 43.0 Å². The van der Waals surface area contributed by atoms with E-state index in [1.54, 1.807) is 24.3 Å². The minimum atomic E-state index is -0.401. The van der Waals surface area contributed by atoms with Crippen molar-refractivity contribution in [1.82, 2.24) is 0 Å². The summed E-state index contributed by atoms with van der Waals surface area (Å²) in [6, 6.07) is 10.5. The van der Waals surface area contributed by atoms with Crippen LogP contribution in [0, 0.1) is 25.7 Å². The Bertz CT molecular complexity index is 784. The Morgan fingerprint density at radius 2 is 1.12 bits per heavy atom. The van der Waals surface area contributed by atoms with Crippen molar-refractivity contribution in [2.75, 3.05) is 14.2 Å². The molecule has 0 aromatic heterocycles. The standard InChI is InChI=1S/C20H18O4/c1-13-5-7-17(19(21)23-3)11-15(13)9-10-16-12-18(20(22)24-4)8-6-14(16)2/h5-8,11-12H,1-4H3. The highest BCUT2D eigenvalue weighted by atomic mass is 16.5. The van der Waals surface area contributed by atoms with E-state index in [9.17, 15) is 9.59 Å². The number of hydrogen-bond donors (Lipinski definition) is 0. The first-order valence-corrected chi connectivity index (χ1v) is 7.36. The Morgan fingerprint density at radius 1 is 0.750 bits per heavy atom. The van der Waals surface area contributed by atoms with Crippen LogP contribution in [0.15, 0.2) is 36.4 Å². The van der Waals surface area contributed by atoms with E-state index < -0.39 is 11.9 Å². The van der Waals surface area contributed by atoms with Crippen LogP contribution in [0.4, 0.5) is 0 Å². The lowest BCUT2D eigenvalue weighted by atomic mass is 10.0. The second kappa shape index (κ2) is 7.47. The zero-order chi connectivity index (χ0) is 17.7. The van der Waals surface area contributed by atoms with Gasteiger partial charge < -0.3 is 9.47 Å². The van der Waals surface area contributed by atoms with Crippen LogP contribution in [0.25, 0.3) is 0 Å². The quantitative estimate of drug-likeness (QED) is 0.629. The fourth-order valence-electron chi connectivity index (χ4n) is 2.14. The van der Waals surface area contributed by atoms with Crippen molar-refractivity contribution in [2.45, 2.75) is 13.8 Å². The summed E-state index contributed by atoms with van der Waals surface area (Å²) in [4.78, 5) is 23.3. The van der Waals surface area contributed by atoms with Gasteiger partial charge in [-0.15, -0.1) is 0 Å². The molecule has 0 saturated heterocycles. The van der Waals surface area contributed by atoms with E-state index in [0.29, 0.717) is 11.1 Å². The molecule has 0 unspecified atom stereocenters. The van der Waals surface area contributed by atoms with E-state index >= 15 is 0 Å². The summed E-state index contributed by atoms with van der Waals surface area (Å²) >= 11 is 0. The molecule has 0 bridgehead atoms. The third-order valence-corrected chi connectivity index (χ3v) is 3.65. The van der Waals surface area contributed by atoms with E-state index in [4.69, 9.17) is 9.47 Å². The van der Waals surface area contributed by atoms with E-state index in [1.165, 1.54) is 14.2 Å². The van der Waals surface area contributed by atoms with Crippen LogP contribution in [0.3, 0.4) is 0 Å². The molecule has 0 atom stereocenters. The summed E-state index contributed by atoms with van der Waals surface area (Å²) in [5.74, 6) is 5.33. The maximum atomic E-state index is 11.6. The second-order valence-electron chi connectivity index (χ2n) is 5.29. The Labute approximate surface area is 141 Å². The molecule has 0 spiro atoms. The minimum Gasteiger partial charge on any atom is -0.465 e. The van der Waals surface area contributed by atoms with Crippen LogP contribution < -0.4 is 0 Å². The summed E-state index contributed by atoms with van der Waals surface area (Å²) in [5.41, 5.74) is 4.29. The van der Waals surface area contributed by atoms with Gasteiger partial charge in [-0.2, -0.15) is 0 Å². The number of esters is 2. The van der Waals surface area contributed by atoms with Gasteiger partial charge in [0.1, 0.15) is 0 Å². The molecule has 4 nitrogen and oxygen atoms in total. The monoisotopic (exact) mass is 322 g/mol. The van der Waals surface area contributed by atoms with Crippen molar-refractivity contribution < 1.29 is 19.1 Å². The molecule has 0 radical (unpaired) electrons. The van der Waals surface area contributed by atoms with Crippen LogP contribution in [-0.4, -0.2) is 26.2 Å². The maximum Gasteiger partial charge on any atom is 0.337 e. The highest BCUT2D eigenvalue weighted by molar-refractivity contribution is 5.90. The molecule has 0 N–H and O–H groups in total. The van der Waals surface area contributed by atoms with Crippen LogP contribution in [-0.2, 0) is 9.47 Å². The smallest absolute Gasteiger partial charge is 0.337 e. The fraction of sp³-hybridized carbons (Fsp3) is 0.200. The van der Waals surface area contributed by atoms with Gasteiger partial charge in [0.25, 0.3) is 0 Å². The highest BCUT2D eigenvalue weighted by Crippen LogP contribution is 2.14. The Hall–Kier alpha value is -3.06. The molecule has 0 amide bonds. The maximum absolute atomic E-state index is 11.6. The van der Waals surface area contributed by atoms with Crippen LogP contribution in [0.5, 0.6) is 0 Å².